The topological polar surface area (TPSA) is 70.7 Å². The van der Waals surface area contributed by atoms with Gasteiger partial charge in [-0.15, -0.1) is 0 Å². The van der Waals surface area contributed by atoms with Gasteiger partial charge in [0.2, 0.25) is 0 Å². The number of benzene rings is 3. The van der Waals surface area contributed by atoms with Gasteiger partial charge in [-0.2, -0.15) is 0 Å². The minimum Gasteiger partial charge on any atom is -0.479 e. The highest BCUT2D eigenvalue weighted by Crippen LogP contribution is 2.36. The number of hydrogen-bond acceptors (Lipinski definition) is 3. The molecule has 31 heavy (non-hydrogen) atoms. The average molecular weight is 436 g/mol. The van der Waals surface area contributed by atoms with Gasteiger partial charge in [-0.3, -0.25) is 4.79 Å². The molecule has 0 saturated heterocycles. The summed E-state index contributed by atoms with van der Waals surface area (Å²) in [4.78, 5) is 26.8. The number of carbonyl (C=O) groups excluding carboxylic acids is 2. The molecule has 0 bridgehead atoms. The standard InChI is InChI=1S/C24H22ClN3O3/c1-16-23(29)28(13-12-17-6-3-2-4-7-17)21-11-10-20(15-22(21)31-16)27-24(30)26-19-9-5-8-18(25)14-19/h2-11,14-16H,12-13H2,1H3,(H2,26,27,30). The Balaban J connectivity index is 1.48. The third-order valence-corrected chi connectivity index (χ3v) is 5.21. The maximum Gasteiger partial charge on any atom is 0.323 e. The van der Waals surface area contributed by atoms with Crippen LogP contribution in [-0.4, -0.2) is 24.6 Å². The Morgan fingerprint density at radius 2 is 1.74 bits per heavy atom. The average Bonchev–Trinajstić information content (AvgIpc) is 2.75. The first-order valence-corrected chi connectivity index (χ1v) is 10.4. The number of anilines is 3. The zero-order valence-electron chi connectivity index (χ0n) is 17.0. The highest BCUT2D eigenvalue weighted by Gasteiger charge is 2.31. The van der Waals surface area contributed by atoms with Gasteiger partial charge in [0.15, 0.2) is 6.10 Å². The van der Waals surface area contributed by atoms with Crippen LogP contribution in [0, 0.1) is 0 Å². The Bertz CT molecular complexity index is 1100. The van der Waals surface area contributed by atoms with Crippen LogP contribution in [0.25, 0.3) is 0 Å². The van der Waals surface area contributed by atoms with Crippen LogP contribution in [0.4, 0.5) is 21.9 Å². The molecular formula is C24H22ClN3O3. The minimum absolute atomic E-state index is 0.0807. The third kappa shape index (κ3) is 4.98. The fraction of sp³-hybridized carbons (Fsp3) is 0.167. The molecule has 1 aliphatic rings. The molecule has 1 heterocycles. The Labute approximate surface area is 185 Å². The summed E-state index contributed by atoms with van der Waals surface area (Å²) in [5, 5.41) is 6.05. The van der Waals surface area contributed by atoms with Crippen molar-refractivity contribution in [3.05, 3.63) is 83.4 Å². The first-order valence-electron chi connectivity index (χ1n) is 9.99. The van der Waals surface area contributed by atoms with Crippen molar-refractivity contribution in [2.75, 3.05) is 22.1 Å². The lowest BCUT2D eigenvalue weighted by Gasteiger charge is -2.33. The second kappa shape index (κ2) is 9.10. The van der Waals surface area contributed by atoms with Gasteiger partial charge in [0.05, 0.1) is 5.69 Å². The molecule has 1 aliphatic heterocycles. The van der Waals surface area contributed by atoms with Crippen LogP contribution in [0.3, 0.4) is 0 Å². The van der Waals surface area contributed by atoms with Gasteiger partial charge in [0.1, 0.15) is 5.75 Å². The summed E-state index contributed by atoms with van der Waals surface area (Å²) in [6.45, 7) is 2.28. The molecule has 1 unspecified atom stereocenters. The van der Waals surface area contributed by atoms with E-state index in [9.17, 15) is 9.59 Å². The van der Waals surface area contributed by atoms with Crippen LogP contribution < -0.4 is 20.3 Å². The first kappa shape index (κ1) is 20.8. The fourth-order valence-electron chi connectivity index (χ4n) is 3.46. The van der Waals surface area contributed by atoms with Gasteiger partial charge in [-0.25, -0.2) is 4.79 Å². The molecule has 0 aromatic heterocycles. The van der Waals surface area contributed by atoms with Crippen molar-refractivity contribution in [3.8, 4) is 5.75 Å². The highest BCUT2D eigenvalue weighted by atomic mass is 35.5. The summed E-state index contributed by atoms with van der Waals surface area (Å²) in [6.07, 6.45) is 0.139. The minimum atomic E-state index is -0.598. The molecule has 2 N–H and O–H groups in total. The molecule has 1 atom stereocenters. The number of hydrogen-bond donors (Lipinski definition) is 2. The van der Waals surface area contributed by atoms with Gasteiger partial charge < -0.3 is 20.3 Å². The van der Waals surface area contributed by atoms with E-state index < -0.39 is 12.1 Å². The Kier molecular flexibility index (Phi) is 6.09. The lowest BCUT2D eigenvalue weighted by molar-refractivity contribution is -0.125. The predicted molar refractivity (Wildman–Crippen MR) is 123 cm³/mol. The van der Waals surface area contributed by atoms with E-state index >= 15 is 0 Å². The van der Waals surface area contributed by atoms with E-state index in [0.717, 1.165) is 12.0 Å². The SMILES string of the molecule is CC1Oc2cc(NC(=O)Nc3cccc(Cl)c3)ccc2N(CCc2ccccc2)C1=O. The van der Waals surface area contributed by atoms with Crippen LogP contribution in [-0.2, 0) is 11.2 Å². The molecule has 158 valence electrons. The quantitative estimate of drug-likeness (QED) is 0.568. The van der Waals surface area contributed by atoms with Crippen LogP contribution >= 0.6 is 11.6 Å². The molecule has 3 aromatic carbocycles. The molecule has 0 saturated carbocycles. The largest absolute Gasteiger partial charge is 0.479 e. The molecule has 3 amide bonds. The lowest BCUT2D eigenvalue weighted by atomic mass is 10.1. The molecule has 7 heteroatoms. The van der Waals surface area contributed by atoms with E-state index in [-0.39, 0.29) is 5.91 Å². The van der Waals surface area contributed by atoms with Crippen molar-refractivity contribution >= 4 is 40.6 Å². The second-order valence-electron chi connectivity index (χ2n) is 7.26. The van der Waals surface area contributed by atoms with E-state index in [1.54, 1.807) is 54.3 Å². The van der Waals surface area contributed by atoms with Crippen molar-refractivity contribution in [1.29, 1.82) is 0 Å². The summed E-state index contributed by atoms with van der Waals surface area (Å²) >= 11 is 5.95. The van der Waals surface area contributed by atoms with Gasteiger partial charge in [-0.05, 0) is 49.2 Å². The number of fused-ring (bicyclic) bond motifs is 1. The monoisotopic (exact) mass is 435 g/mol. The zero-order valence-corrected chi connectivity index (χ0v) is 17.7. The molecule has 3 aromatic rings. The van der Waals surface area contributed by atoms with E-state index in [1.165, 1.54) is 0 Å². The molecular weight excluding hydrogens is 414 g/mol. The van der Waals surface area contributed by atoms with Crippen molar-refractivity contribution < 1.29 is 14.3 Å². The first-order chi connectivity index (χ1) is 15.0. The fourth-order valence-corrected chi connectivity index (χ4v) is 3.65. The number of ether oxygens (including phenoxy) is 1. The van der Waals surface area contributed by atoms with E-state index in [2.05, 4.69) is 10.6 Å². The molecule has 4 rings (SSSR count). The predicted octanol–water partition coefficient (Wildman–Crippen LogP) is 5.34. The van der Waals surface area contributed by atoms with E-state index in [0.29, 0.717) is 34.4 Å². The molecule has 0 radical (unpaired) electrons. The van der Waals surface area contributed by atoms with Crippen molar-refractivity contribution in [2.24, 2.45) is 0 Å². The summed E-state index contributed by atoms with van der Waals surface area (Å²) in [7, 11) is 0. The normalized spacial score (nSPS) is 15.1. The number of nitrogens with one attached hydrogen (secondary N) is 2. The second-order valence-corrected chi connectivity index (χ2v) is 7.69. The van der Waals surface area contributed by atoms with Crippen molar-refractivity contribution in [1.82, 2.24) is 0 Å². The van der Waals surface area contributed by atoms with Gasteiger partial charge in [-0.1, -0.05) is 48.0 Å². The van der Waals surface area contributed by atoms with Gasteiger partial charge >= 0.3 is 6.03 Å². The van der Waals surface area contributed by atoms with Crippen LogP contribution in [0.2, 0.25) is 5.02 Å². The maximum atomic E-state index is 12.7. The molecule has 6 nitrogen and oxygen atoms in total. The number of nitrogens with zero attached hydrogens (tertiary/aromatic N) is 1. The van der Waals surface area contributed by atoms with Crippen LogP contribution in [0.15, 0.2) is 72.8 Å². The smallest absolute Gasteiger partial charge is 0.323 e. The number of rotatable bonds is 5. The van der Waals surface area contributed by atoms with Gasteiger partial charge in [0.25, 0.3) is 5.91 Å². The lowest BCUT2D eigenvalue weighted by Crippen LogP contribution is -2.45. The number of amides is 3. The number of urea groups is 1. The van der Waals surface area contributed by atoms with E-state index in [4.69, 9.17) is 16.3 Å². The summed E-state index contributed by atoms with van der Waals surface area (Å²) < 4.78 is 5.80. The summed E-state index contributed by atoms with van der Waals surface area (Å²) in [5.74, 6) is 0.476. The number of carbonyl (C=O) groups is 2. The van der Waals surface area contributed by atoms with Crippen LogP contribution in [0.1, 0.15) is 12.5 Å². The highest BCUT2D eigenvalue weighted by molar-refractivity contribution is 6.30. The summed E-state index contributed by atoms with van der Waals surface area (Å²) in [6, 6.07) is 21.8. The summed E-state index contributed by atoms with van der Waals surface area (Å²) in [5.41, 5.74) is 3.00. The van der Waals surface area contributed by atoms with Crippen molar-refractivity contribution in [3.63, 3.8) is 0 Å². The van der Waals surface area contributed by atoms with E-state index in [1.807, 2.05) is 30.3 Å². The van der Waals surface area contributed by atoms with Crippen molar-refractivity contribution in [2.45, 2.75) is 19.4 Å². The Morgan fingerprint density at radius 1 is 1.00 bits per heavy atom. The number of halogens is 1. The van der Waals surface area contributed by atoms with Gasteiger partial charge in [0, 0.05) is 29.0 Å². The molecule has 0 aliphatic carbocycles. The van der Waals surface area contributed by atoms with Crippen LogP contribution in [0.5, 0.6) is 5.75 Å². The Hall–Kier alpha value is -3.51. The molecule has 0 spiro atoms. The molecule has 0 fully saturated rings. The third-order valence-electron chi connectivity index (χ3n) is 4.98. The maximum absolute atomic E-state index is 12.7. The zero-order chi connectivity index (χ0) is 21.8. The Morgan fingerprint density at radius 3 is 2.48 bits per heavy atom.